The van der Waals surface area contributed by atoms with Crippen LogP contribution in [0.25, 0.3) is 0 Å². The number of hydrogen-bond donors (Lipinski definition) is 2. The smallest absolute Gasteiger partial charge is 0.161 e. The molecular formula is C13H18BrFN2OS. The van der Waals surface area contributed by atoms with Crippen molar-refractivity contribution >= 4 is 38.8 Å². The van der Waals surface area contributed by atoms with Crippen LogP contribution in [0.15, 0.2) is 16.6 Å². The van der Waals surface area contributed by atoms with Gasteiger partial charge < -0.3 is 15.8 Å². The molecule has 0 saturated carbocycles. The largest absolute Gasteiger partial charge is 0.389 e. The molecule has 0 bridgehead atoms. The summed E-state index contributed by atoms with van der Waals surface area (Å²) in [5, 5.41) is 3.14. The molecule has 0 fully saturated rings. The van der Waals surface area contributed by atoms with Crippen molar-refractivity contribution in [2.45, 2.75) is 19.9 Å². The first-order chi connectivity index (χ1) is 8.88. The molecule has 0 radical (unpaired) electrons. The number of anilines is 1. The normalized spacial score (nSPS) is 12.5. The predicted octanol–water partition coefficient (Wildman–Crippen LogP) is 3.31. The summed E-state index contributed by atoms with van der Waals surface area (Å²) in [6.07, 6.45) is 0. The number of ether oxygens (including phenoxy) is 1. The highest BCUT2D eigenvalue weighted by Crippen LogP contribution is 2.28. The average molecular weight is 349 g/mol. The lowest BCUT2D eigenvalue weighted by Gasteiger charge is -2.23. The summed E-state index contributed by atoms with van der Waals surface area (Å²) < 4.78 is 19.6. The molecule has 0 spiro atoms. The van der Waals surface area contributed by atoms with Gasteiger partial charge in [-0.15, -0.1) is 0 Å². The summed E-state index contributed by atoms with van der Waals surface area (Å²) in [6, 6.07) is 3.36. The lowest BCUT2D eigenvalue weighted by Crippen LogP contribution is -2.31. The van der Waals surface area contributed by atoms with Crippen LogP contribution in [0.5, 0.6) is 0 Å². The van der Waals surface area contributed by atoms with Crippen LogP contribution >= 0.6 is 28.1 Å². The Morgan fingerprint density at radius 2 is 2.16 bits per heavy atom. The van der Waals surface area contributed by atoms with Gasteiger partial charge in [-0.25, -0.2) is 4.39 Å². The van der Waals surface area contributed by atoms with Crippen molar-refractivity contribution in [3.8, 4) is 0 Å². The second-order valence-corrected chi connectivity index (χ2v) is 5.84. The van der Waals surface area contributed by atoms with Gasteiger partial charge in [0.05, 0.1) is 22.8 Å². The number of halogens is 2. The van der Waals surface area contributed by atoms with E-state index in [1.54, 1.807) is 19.2 Å². The van der Waals surface area contributed by atoms with Crippen molar-refractivity contribution < 1.29 is 9.13 Å². The van der Waals surface area contributed by atoms with Gasteiger partial charge in [0.1, 0.15) is 4.99 Å². The molecule has 0 amide bonds. The predicted molar refractivity (Wildman–Crippen MR) is 84.1 cm³/mol. The topological polar surface area (TPSA) is 47.3 Å². The maximum atomic E-state index is 14.2. The van der Waals surface area contributed by atoms with Crippen LogP contribution < -0.4 is 11.1 Å². The Kier molecular flexibility index (Phi) is 6.16. The molecular weight excluding hydrogens is 331 g/mol. The average Bonchev–Trinajstić information content (AvgIpc) is 2.33. The number of methoxy groups -OCH3 is 1. The van der Waals surface area contributed by atoms with Crippen LogP contribution in [0, 0.1) is 11.7 Å². The van der Waals surface area contributed by atoms with Crippen LogP contribution in [-0.2, 0) is 4.74 Å². The molecule has 0 aliphatic carbocycles. The first-order valence-corrected chi connectivity index (χ1v) is 7.11. The number of rotatable bonds is 6. The second kappa shape index (κ2) is 7.17. The standard InChI is InChI=1S/C13H18BrFN2OS/c1-7(2)10(6-18-3)17-9-5-4-8(13(16)19)11(14)12(9)15/h4-5,7,10,17H,6H2,1-3H3,(H2,16,19). The molecule has 19 heavy (non-hydrogen) atoms. The summed E-state index contributed by atoms with van der Waals surface area (Å²) >= 11 is 8.05. The third-order valence-electron chi connectivity index (χ3n) is 2.84. The second-order valence-electron chi connectivity index (χ2n) is 4.60. The SMILES string of the molecule is COCC(Nc1ccc(C(N)=S)c(Br)c1F)C(C)C. The van der Waals surface area contributed by atoms with Gasteiger partial charge in [0.15, 0.2) is 5.82 Å². The van der Waals surface area contributed by atoms with E-state index < -0.39 is 5.82 Å². The van der Waals surface area contributed by atoms with Gasteiger partial charge in [-0.3, -0.25) is 0 Å². The minimum Gasteiger partial charge on any atom is -0.389 e. The van der Waals surface area contributed by atoms with Crippen LogP contribution in [0.3, 0.4) is 0 Å². The van der Waals surface area contributed by atoms with Crippen molar-refractivity contribution in [3.05, 3.63) is 28.0 Å². The zero-order chi connectivity index (χ0) is 14.6. The van der Waals surface area contributed by atoms with Crippen LogP contribution in [0.2, 0.25) is 0 Å². The van der Waals surface area contributed by atoms with E-state index in [0.717, 1.165) is 0 Å². The lowest BCUT2D eigenvalue weighted by atomic mass is 10.0. The van der Waals surface area contributed by atoms with Gasteiger partial charge >= 0.3 is 0 Å². The summed E-state index contributed by atoms with van der Waals surface area (Å²) in [4.78, 5) is 0.162. The first-order valence-electron chi connectivity index (χ1n) is 5.91. The number of benzene rings is 1. The Morgan fingerprint density at radius 3 is 2.63 bits per heavy atom. The van der Waals surface area contributed by atoms with E-state index in [0.29, 0.717) is 23.8 Å². The molecule has 1 rings (SSSR count). The fraction of sp³-hybridized carbons (Fsp3) is 0.462. The molecule has 1 aromatic carbocycles. The highest BCUT2D eigenvalue weighted by Gasteiger charge is 2.18. The molecule has 0 aromatic heterocycles. The van der Waals surface area contributed by atoms with E-state index in [9.17, 15) is 4.39 Å². The first kappa shape index (κ1) is 16.3. The van der Waals surface area contributed by atoms with Gasteiger partial charge in [0.2, 0.25) is 0 Å². The Labute approximate surface area is 126 Å². The van der Waals surface area contributed by atoms with Gasteiger partial charge in [0.25, 0.3) is 0 Å². The third-order valence-corrected chi connectivity index (χ3v) is 3.83. The monoisotopic (exact) mass is 348 g/mol. The van der Waals surface area contributed by atoms with Crippen molar-refractivity contribution in [1.82, 2.24) is 0 Å². The Balaban J connectivity index is 3.02. The maximum absolute atomic E-state index is 14.2. The number of nitrogens with two attached hydrogens (primary N) is 1. The molecule has 0 saturated heterocycles. The van der Waals surface area contributed by atoms with Crippen molar-refractivity contribution in [2.24, 2.45) is 11.7 Å². The summed E-state index contributed by atoms with van der Waals surface area (Å²) in [5.74, 6) is -0.0829. The molecule has 106 valence electrons. The highest BCUT2D eigenvalue weighted by atomic mass is 79.9. The molecule has 0 aliphatic heterocycles. The van der Waals surface area contributed by atoms with Gasteiger partial charge in [-0.2, -0.15) is 0 Å². The molecule has 1 unspecified atom stereocenters. The molecule has 0 aliphatic rings. The minimum absolute atomic E-state index is 0.0297. The lowest BCUT2D eigenvalue weighted by molar-refractivity contribution is 0.171. The number of thiocarbonyl (C=S) groups is 1. The van der Waals surface area contributed by atoms with Gasteiger partial charge in [0, 0.05) is 12.7 Å². The third kappa shape index (κ3) is 4.12. The minimum atomic E-state index is -0.396. The Morgan fingerprint density at radius 1 is 1.53 bits per heavy atom. The van der Waals surface area contributed by atoms with Crippen molar-refractivity contribution in [2.75, 3.05) is 19.0 Å². The zero-order valence-electron chi connectivity index (χ0n) is 11.2. The van der Waals surface area contributed by atoms with E-state index in [1.165, 1.54) is 0 Å². The molecule has 3 nitrogen and oxygen atoms in total. The van der Waals surface area contributed by atoms with Crippen LogP contribution in [0.4, 0.5) is 10.1 Å². The molecule has 6 heteroatoms. The fourth-order valence-electron chi connectivity index (χ4n) is 1.63. The molecule has 0 heterocycles. The summed E-state index contributed by atoms with van der Waals surface area (Å²) in [6.45, 7) is 4.60. The molecule has 1 atom stereocenters. The molecule has 1 aromatic rings. The van der Waals surface area contributed by atoms with Crippen LogP contribution in [-0.4, -0.2) is 24.7 Å². The van der Waals surface area contributed by atoms with E-state index in [2.05, 4.69) is 21.2 Å². The van der Waals surface area contributed by atoms with E-state index in [4.69, 9.17) is 22.7 Å². The Hall–Kier alpha value is -0.720. The van der Waals surface area contributed by atoms with E-state index in [-0.39, 0.29) is 15.5 Å². The van der Waals surface area contributed by atoms with Crippen LogP contribution in [0.1, 0.15) is 19.4 Å². The van der Waals surface area contributed by atoms with Crippen molar-refractivity contribution in [1.29, 1.82) is 0 Å². The Bertz CT molecular complexity index is 468. The molecule has 3 N–H and O–H groups in total. The summed E-state index contributed by atoms with van der Waals surface area (Å²) in [5.41, 5.74) is 6.42. The van der Waals surface area contributed by atoms with Gasteiger partial charge in [-0.05, 0) is 34.0 Å². The zero-order valence-corrected chi connectivity index (χ0v) is 13.6. The van der Waals surface area contributed by atoms with Crippen molar-refractivity contribution in [3.63, 3.8) is 0 Å². The summed E-state index contributed by atoms with van der Waals surface area (Å²) in [7, 11) is 1.62. The quantitative estimate of drug-likeness (QED) is 0.774. The van der Waals surface area contributed by atoms with E-state index in [1.807, 2.05) is 13.8 Å². The highest BCUT2D eigenvalue weighted by molar-refractivity contribution is 9.10. The fourth-order valence-corrected chi connectivity index (χ4v) is 2.49. The number of nitrogens with one attached hydrogen (secondary N) is 1. The van der Waals surface area contributed by atoms with E-state index >= 15 is 0 Å². The van der Waals surface area contributed by atoms with Gasteiger partial charge in [-0.1, -0.05) is 26.1 Å². The number of hydrogen-bond acceptors (Lipinski definition) is 3. The maximum Gasteiger partial charge on any atom is 0.161 e.